The third-order valence-corrected chi connectivity index (χ3v) is 7.85. The lowest BCUT2D eigenvalue weighted by molar-refractivity contribution is 0.589. The maximum Gasteiger partial charge on any atom is 0.227 e. The highest BCUT2D eigenvalue weighted by molar-refractivity contribution is 9.10. The molecule has 5 rings (SSSR count). The van der Waals surface area contributed by atoms with Crippen LogP contribution in [0.25, 0.3) is 27.5 Å². The van der Waals surface area contributed by atoms with Gasteiger partial charge in [0.15, 0.2) is 5.65 Å². The summed E-state index contributed by atoms with van der Waals surface area (Å²) in [6.45, 7) is 0. The van der Waals surface area contributed by atoms with Gasteiger partial charge in [-0.05, 0) is 39.5 Å². The van der Waals surface area contributed by atoms with Gasteiger partial charge in [-0.2, -0.15) is 5.10 Å². The van der Waals surface area contributed by atoms with E-state index >= 15 is 0 Å². The minimum atomic E-state index is -3.90. The van der Waals surface area contributed by atoms with Crippen LogP contribution in [-0.4, -0.2) is 28.2 Å². The Morgan fingerprint density at radius 2 is 1.57 bits per heavy atom. The summed E-state index contributed by atoms with van der Waals surface area (Å²) in [7, 11) is -3.90. The van der Waals surface area contributed by atoms with Gasteiger partial charge >= 0.3 is 0 Å². The van der Waals surface area contributed by atoms with Gasteiger partial charge in [-0.3, -0.25) is 0 Å². The van der Waals surface area contributed by atoms with Crippen LogP contribution in [0.5, 0.6) is 0 Å². The molecular formula is C21H13BrN4O2S2. The Hall–Kier alpha value is -2.88. The van der Waals surface area contributed by atoms with Crippen LogP contribution in [-0.2, 0) is 9.84 Å². The Labute approximate surface area is 184 Å². The van der Waals surface area contributed by atoms with E-state index in [2.05, 4.69) is 26.1 Å². The second kappa shape index (κ2) is 7.42. The van der Waals surface area contributed by atoms with Crippen molar-refractivity contribution in [2.45, 2.75) is 9.92 Å². The van der Waals surface area contributed by atoms with Crippen molar-refractivity contribution in [2.24, 2.45) is 0 Å². The van der Waals surface area contributed by atoms with E-state index in [9.17, 15) is 8.42 Å². The minimum Gasteiger partial charge on any atom is -0.217 e. The summed E-state index contributed by atoms with van der Waals surface area (Å²) in [6.07, 6.45) is 0. The molecule has 0 fully saturated rings. The number of thiophene rings is 1. The SMILES string of the molecule is O=S(=O)(c1ccccc1)c1nnc2c(Br)c(-c3ccccc3)nn2c1-c1cccs1. The van der Waals surface area contributed by atoms with Crippen LogP contribution in [0.3, 0.4) is 0 Å². The first-order chi connectivity index (χ1) is 14.6. The number of hydrogen-bond donors (Lipinski definition) is 0. The largest absolute Gasteiger partial charge is 0.227 e. The lowest BCUT2D eigenvalue weighted by Crippen LogP contribution is -2.11. The highest BCUT2D eigenvalue weighted by Gasteiger charge is 2.29. The number of halogens is 1. The van der Waals surface area contributed by atoms with E-state index < -0.39 is 9.84 Å². The normalized spacial score (nSPS) is 11.8. The van der Waals surface area contributed by atoms with Crippen LogP contribution in [0.1, 0.15) is 0 Å². The molecule has 0 unspecified atom stereocenters. The number of benzene rings is 2. The van der Waals surface area contributed by atoms with E-state index in [0.29, 0.717) is 21.5 Å². The molecule has 0 saturated carbocycles. The maximum atomic E-state index is 13.4. The molecule has 0 amide bonds. The molecule has 6 nitrogen and oxygen atoms in total. The predicted octanol–water partition coefficient (Wildman–Crippen LogP) is 5.12. The van der Waals surface area contributed by atoms with Gasteiger partial charge in [0, 0.05) is 5.56 Å². The van der Waals surface area contributed by atoms with Crippen LogP contribution in [0, 0.1) is 0 Å². The predicted molar refractivity (Wildman–Crippen MR) is 119 cm³/mol. The van der Waals surface area contributed by atoms with Crippen molar-refractivity contribution < 1.29 is 8.42 Å². The Bertz CT molecular complexity index is 1450. The van der Waals surface area contributed by atoms with Crippen LogP contribution >= 0.6 is 27.3 Å². The van der Waals surface area contributed by atoms with Crippen molar-refractivity contribution in [1.82, 2.24) is 19.8 Å². The number of sulfone groups is 1. The molecule has 3 heterocycles. The minimum absolute atomic E-state index is 0.127. The smallest absolute Gasteiger partial charge is 0.217 e. The summed E-state index contributed by atoms with van der Waals surface area (Å²) in [5, 5.41) is 14.9. The summed E-state index contributed by atoms with van der Waals surface area (Å²) >= 11 is 4.99. The highest BCUT2D eigenvalue weighted by Crippen LogP contribution is 2.36. The topological polar surface area (TPSA) is 77.2 Å². The van der Waals surface area contributed by atoms with Crippen LogP contribution in [0.4, 0.5) is 0 Å². The van der Waals surface area contributed by atoms with Gasteiger partial charge in [-0.25, -0.2) is 12.9 Å². The first kappa shape index (κ1) is 19.1. The van der Waals surface area contributed by atoms with Gasteiger partial charge in [-0.15, -0.1) is 21.5 Å². The Kier molecular flexibility index (Phi) is 4.73. The molecule has 3 aromatic heterocycles. The van der Waals surface area contributed by atoms with Gasteiger partial charge in [-0.1, -0.05) is 54.6 Å². The molecule has 0 aliphatic heterocycles. The summed E-state index contributed by atoms with van der Waals surface area (Å²) < 4.78 is 29.0. The molecule has 0 spiro atoms. The molecule has 0 aliphatic carbocycles. The van der Waals surface area contributed by atoms with Crippen molar-refractivity contribution in [2.75, 3.05) is 0 Å². The van der Waals surface area contributed by atoms with E-state index in [1.807, 2.05) is 47.8 Å². The van der Waals surface area contributed by atoms with Crippen molar-refractivity contribution in [3.05, 3.63) is 82.6 Å². The third kappa shape index (κ3) is 3.06. The zero-order chi connectivity index (χ0) is 20.7. The second-order valence-corrected chi connectivity index (χ2v) is 10.0. The lowest BCUT2D eigenvalue weighted by atomic mass is 10.2. The average Bonchev–Trinajstić information content (AvgIpc) is 3.43. The Morgan fingerprint density at radius 3 is 2.23 bits per heavy atom. The number of nitrogens with zero attached hydrogens (tertiary/aromatic N) is 4. The van der Waals surface area contributed by atoms with Crippen molar-refractivity contribution in [3.8, 4) is 21.8 Å². The van der Waals surface area contributed by atoms with Crippen molar-refractivity contribution in [3.63, 3.8) is 0 Å². The van der Waals surface area contributed by atoms with Crippen LogP contribution in [0.15, 0.2) is 92.6 Å². The Balaban J connectivity index is 1.85. The monoisotopic (exact) mass is 496 g/mol. The van der Waals surface area contributed by atoms with E-state index in [-0.39, 0.29) is 9.92 Å². The molecule has 5 aromatic rings. The van der Waals surface area contributed by atoms with Crippen molar-refractivity contribution in [1.29, 1.82) is 0 Å². The lowest BCUT2D eigenvalue weighted by Gasteiger charge is -2.09. The molecule has 0 saturated heterocycles. The molecular weight excluding hydrogens is 484 g/mol. The average molecular weight is 497 g/mol. The summed E-state index contributed by atoms with van der Waals surface area (Å²) in [5.41, 5.74) is 2.39. The number of hydrogen-bond acceptors (Lipinski definition) is 6. The molecule has 0 N–H and O–H groups in total. The van der Waals surface area contributed by atoms with Crippen molar-refractivity contribution >= 4 is 42.8 Å². The molecule has 9 heteroatoms. The van der Waals surface area contributed by atoms with E-state index in [0.717, 1.165) is 10.4 Å². The summed E-state index contributed by atoms with van der Waals surface area (Å²) in [5.74, 6) is 0. The van der Waals surface area contributed by atoms with Gasteiger partial charge in [0.1, 0.15) is 11.4 Å². The molecule has 0 bridgehead atoms. The standard InChI is InChI=1S/C21H13BrN4O2S2/c22-17-18(14-8-3-1-4-9-14)25-26-19(16-12-7-13-29-16)21(24-23-20(17)26)30(27,28)15-10-5-2-6-11-15/h1-13H. The fourth-order valence-corrected chi connectivity index (χ4v) is 5.87. The second-order valence-electron chi connectivity index (χ2n) is 6.41. The summed E-state index contributed by atoms with van der Waals surface area (Å²) in [6, 6.07) is 21.6. The molecule has 0 atom stereocenters. The first-order valence-corrected chi connectivity index (χ1v) is 12.1. The van der Waals surface area contributed by atoms with E-state index in [1.165, 1.54) is 11.3 Å². The van der Waals surface area contributed by atoms with Crippen LogP contribution in [0.2, 0.25) is 0 Å². The molecule has 2 aromatic carbocycles. The molecule has 30 heavy (non-hydrogen) atoms. The molecule has 0 aliphatic rings. The van der Waals surface area contributed by atoms with Gasteiger partial charge in [0.2, 0.25) is 14.9 Å². The first-order valence-electron chi connectivity index (χ1n) is 8.92. The van der Waals surface area contributed by atoms with Crippen LogP contribution < -0.4 is 0 Å². The van der Waals surface area contributed by atoms with Gasteiger partial charge < -0.3 is 0 Å². The summed E-state index contributed by atoms with van der Waals surface area (Å²) in [4.78, 5) is 0.893. The zero-order valence-electron chi connectivity index (χ0n) is 15.3. The quantitative estimate of drug-likeness (QED) is 0.345. The van der Waals surface area contributed by atoms with E-state index in [4.69, 9.17) is 5.10 Å². The number of aromatic nitrogens is 4. The zero-order valence-corrected chi connectivity index (χ0v) is 18.5. The van der Waals surface area contributed by atoms with Gasteiger partial charge in [0.25, 0.3) is 0 Å². The fourth-order valence-electron chi connectivity index (χ4n) is 3.16. The Morgan fingerprint density at radius 1 is 0.867 bits per heavy atom. The number of rotatable bonds is 4. The molecule has 0 radical (unpaired) electrons. The third-order valence-electron chi connectivity index (χ3n) is 4.56. The van der Waals surface area contributed by atoms with E-state index in [1.54, 1.807) is 34.8 Å². The fraction of sp³-hybridized carbons (Fsp3) is 0. The highest BCUT2D eigenvalue weighted by atomic mass is 79.9. The maximum absolute atomic E-state index is 13.4. The van der Waals surface area contributed by atoms with Gasteiger partial charge in [0.05, 0.1) is 14.2 Å². The number of fused-ring (bicyclic) bond motifs is 1. The molecule has 148 valence electrons.